The second-order valence-corrected chi connectivity index (χ2v) is 4.70. The lowest BCUT2D eigenvalue weighted by Crippen LogP contribution is -2.27. The first kappa shape index (κ1) is 10.0. The monoisotopic (exact) mass is 204 g/mol. The highest BCUT2D eigenvalue weighted by atomic mass is 16.2. The van der Waals surface area contributed by atoms with Gasteiger partial charge in [-0.15, -0.1) is 0 Å². The molecule has 15 heavy (non-hydrogen) atoms. The molecule has 0 fully saturated rings. The molecule has 0 bridgehead atoms. The molecule has 3 nitrogen and oxygen atoms in total. The lowest BCUT2D eigenvalue weighted by Gasteiger charge is -2.18. The maximum absolute atomic E-state index is 11.7. The van der Waals surface area contributed by atoms with Crippen molar-refractivity contribution < 1.29 is 4.79 Å². The number of benzene rings is 1. The zero-order valence-corrected chi connectivity index (χ0v) is 9.59. The molecule has 0 saturated heterocycles. The van der Waals surface area contributed by atoms with Crippen LogP contribution < -0.4 is 10.2 Å². The first-order chi connectivity index (χ1) is 6.93. The average molecular weight is 204 g/mol. The van der Waals surface area contributed by atoms with Crippen LogP contribution in [0.15, 0.2) is 18.2 Å². The van der Waals surface area contributed by atoms with Crippen molar-refractivity contribution in [1.29, 1.82) is 0 Å². The third kappa shape index (κ3) is 1.39. The highest BCUT2D eigenvalue weighted by Crippen LogP contribution is 2.38. The van der Waals surface area contributed by atoms with Crippen molar-refractivity contribution in [2.45, 2.75) is 19.3 Å². The summed E-state index contributed by atoms with van der Waals surface area (Å²) in [7, 11) is 4.00. The minimum Gasteiger partial charge on any atom is -0.378 e. The van der Waals surface area contributed by atoms with E-state index in [1.807, 2.05) is 45.0 Å². The van der Waals surface area contributed by atoms with Crippen molar-refractivity contribution in [2.24, 2.45) is 0 Å². The van der Waals surface area contributed by atoms with Gasteiger partial charge in [-0.2, -0.15) is 0 Å². The predicted molar refractivity (Wildman–Crippen MR) is 62.4 cm³/mol. The normalized spacial score (nSPS) is 17.2. The van der Waals surface area contributed by atoms with Crippen LogP contribution in [0.5, 0.6) is 0 Å². The summed E-state index contributed by atoms with van der Waals surface area (Å²) in [5, 5.41) is 2.90. The molecule has 2 rings (SSSR count). The Morgan fingerprint density at radius 1 is 1.27 bits per heavy atom. The topological polar surface area (TPSA) is 32.3 Å². The molecular formula is C12H16N2O. The Kier molecular flexibility index (Phi) is 2.00. The number of hydrogen-bond donors (Lipinski definition) is 1. The van der Waals surface area contributed by atoms with Gasteiger partial charge >= 0.3 is 0 Å². The predicted octanol–water partition coefficient (Wildman–Crippen LogP) is 1.98. The third-order valence-corrected chi connectivity index (χ3v) is 3.01. The van der Waals surface area contributed by atoms with Gasteiger partial charge in [0, 0.05) is 25.5 Å². The van der Waals surface area contributed by atoms with Gasteiger partial charge in [0.25, 0.3) is 0 Å². The summed E-state index contributed by atoms with van der Waals surface area (Å²) in [4.78, 5) is 13.8. The van der Waals surface area contributed by atoms with Crippen molar-refractivity contribution in [1.82, 2.24) is 0 Å². The van der Waals surface area contributed by atoms with Gasteiger partial charge in [0.15, 0.2) is 0 Å². The number of amides is 1. The number of fused-ring (bicyclic) bond motifs is 1. The fourth-order valence-corrected chi connectivity index (χ4v) is 1.84. The van der Waals surface area contributed by atoms with Crippen LogP contribution in [0, 0.1) is 0 Å². The molecule has 1 aliphatic rings. The van der Waals surface area contributed by atoms with Crippen LogP contribution in [0.3, 0.4) is 0 Å². The summed E-state index contributed by atoms with van der Waals surface area (Å²) in [6, 6.07) is 6.06. The second-order valence-electron chi connectivity index (χ2n) is 4.70. The Labute approximate surface area is 90.1 Å². The van der Waals surface area contributed by atoms with Crippen LogP contribution in [0.1, 0.15) is 19.4 Å². The zero-order valence-electron chi connectivity index (χ0n) is 9.59. The molecule has 80 valence electrons. The van der Waals surface area contributed by atoms with E-state index < -0.39 is 5.41 Å². The largest absolute Gasteiger partial charge is 0.378 e. The third-order valence-electron chi connectivity index (χ3n) is 3.01. The van der Waals surface area contributed by atoms with E-state index in [1.165, 1.54) is 0 Å². The van der Waals surface area contributed by atoms with Gasteiger partial charge in [-0.3, -0.25) is 4.79 Å². The lowest BCUT2D eigenvalue weighted by molar-refractivity contribution is -0.119. The number of nitrogens with zero attached hydrogens (tertiary/aromatic N) is 1. The molecule has 0 unspecified atom stereocenters. The Hall–Kier alpha value is -1.51. The van der Waals surface area contributed by atoms with Crippen molar-refractivity contribution in [2.75, 3.05) is 24.3 Å². The Morgan fingerprint density at radius 2 is 1.93 bits per heavy atom. The number of rotatable bonds is 1. The van der Waals surface area contributed by atoms with Gasteiger partial charge in [-0.25, -0.2) is 0 Å². The molecule has 1 aromatic carbocycles. The molecule has 1 N–H and O–H groups in total. The second kappa shape index (κ2) is 2.99. The van der Waals surface area contributed by atoms with Crippen LogP contribution in [0.25, 0.3) is 0 Å². The first-order valence-corrected chi connectivity index (χ1v) is 5.06. The number of nitrogens with one attached hydrogen (secondary N) is 1. The Balaban J connectivity index is 2.55. The van der Waals surface area contributed by atoms with E-state index in [9.17, 15) is 4.79 Å². The highest BCUT2D eigenvalue weighted by molar-refractivity contribution is 6.06. The molecule has 0 saturated carbocycles. The summed E-state index contributed by atoms with van der Waals surface area (Å²) >= 11 is 0. The Morgan fingerprint density at radius 3 is 2.53 bits per heavy atom. The standard InChI is InChI=1S/C12H16N2O/c1-12(2)9-7-8(14(3)4)5-6-10(9)13-11(12)15/h5-7H,1-4H3,(H,13,15). The number of carbonyl (C=O) groups excluding carboxylic acids is 1. The van der Waals surface area contributed by atoms with Crippen LogP contribution in [0.2, 0.25) is 0 Å². The van der Waals surface area contributed by atoms with E-state index in [0.29, 0.717) is 0 Å². The molecule has 1 aliphatic heterocycles. The van der Waals surface area contributed by atoms with Crippen molar-refractivity contribution in [3.8, 4) is 0 Å². The van der Waals surface area contributed by atoms with Crippen LogP contribution >= 0.6 is 0 Å². The number of carbonyl (C=O) groups is 1. The summed E-state index contributed by atoms with van der Waals surface area (Å²) in [5.41, 5.74) is 2.73. The van der Waals surface area contributed by atoms with E-state index in [4.69, 9.17) is 0 Å². The van der Waals surface area contributed by atoms with Gasteiger partial charge in [0.05, 0.1) is 5.41 Å². The van der Waals surface area contributed by atoms with Crippen molar-refractivity contribution in [3.63, 3.8) is 0 Å². The van der Waals surface area contributed by atoms with Crippen molar-refractivity contribution in [3.05, 3.63) is 23.8 Å². The van der Waals surface area contributed by atoms with Gasteiger partial charge in [-0.05, 0) is 37.6 Å². The summed E-state index contributed by atoms with van der Waals surface area (Å²) in [6.45, 7) is 3.90. The highest BCUT2D eigenvalue weighted by Gasteiger charge is 2.38. The number of anilines is 2. The molecule has 3 heteroatoms. The lowest BCUT2D eigenvalue weighted by atomic mass is 9.86. The van der Waals surface area contributed by atoms with Crippen LogP contribution in [-0.2, 0) is 10.2 Å². The fourth-order valence-electron chi connectivity index (χ4n) is 1.84. The van der Waals surface area contributed by atoms with Crippen molar-refractivity contribution >= 4 is 17.3 Å². The average Bonchev–Trinajstić information content (AvgIpc) is 2.38. The molecule has 0 spiro atoms. The van der Waals surface area contributed by atoms with E-state index in [0.717, 1.165) is 16.9 Å². The van der Waals surface area contributed by atoms with Gasteiger partial charge in [0.1, 0.15) is 0 Å². The molecule has 1 heterocycles. The zero-order chi connectivity index (χ0) is 11.2. The molecular weight excluding hydrogens is 188 g/mol. The molecule has 1 aromatic rings. The summed E-state index contributed by atoms with van der Waals surface area (Å²) < 4.78 is 0. The molecule has 1 amide bonds. The van der Waals surface area contributed by atoms with Gasteiger partial charge in [-0.1, -0.05) is 0 Å². The smallest absolute Gasteiger partial charge is 0.234 e. The van der Waals surface area contributed by atoms with Crippen LogP contribution in [-0.4, -0.2) is 20.0 Å². The summed E-state index contributed by atoms with van der Waals surface area (Å²) in [6.07, 6.45) is 0. The van der Waals surface area contributed by atoms with E-state index in [1.54, 1.807) is 0 Å². The SMILES string of the molecule is CN(C)c1ccc2c(c1)C(C)(C)C(=O)N2. The molecule has 0 aliphatic carbocycles. The van der Waals surface area contributed by atoms with E-state index >= 15 is 0 Å². The van der Waals surface area contributed by atoms with Gasteiger partial charge in [0.2, 0.25) is 5.91 Å². The Bertz CT molecular complexity index is 422. The molecule has 0 radical (unpaired) electrons. The summed E-state index contributed by atoms with van der Waals surface area (Å²) in [5.74, 6) is 0.0772. The van der Waals surface area contributed by atoms with Gasteiger partial charge < -0.3 is 10.2 Å². The maximum Gasteiger partial charge on any atom is 0.234 e. The minimum absolute atomic E-state index is 0.0772. The van der Waals surface area contributed by atoms with Crippen LogP contribution in [0.4, 0.5) is 11.4 Å². The quantitative estimate of drug-likeness (QED) is 0.758. The maximum atomic E-state index is 11.7. The van der Waals surface area contributed by atoms with E-state index in [-0.39, 0.29) is 5.91 Å². The number of hydrogen-bond acceptors (Lipinski definition) is 2. The van der Waals surface area contributed by atoms with E-state index in [2.05, 4.69) is 11.4 Å². The minimum atomic E-state index is -0.415. The first-order valence-electron chi connectivity index (χ1n) is 5.06. The molecule has 0 aromatic heterocycles. The molecule has 0 atom stereocenters. The fraction of sp³-hybridized carbons (Fsp3) is 0.417.